The number of carbonyl (C=O) groups excluding carboxylic acids is 1. The molecular weight excluding hydrogens is 232 g/mol. The maximum Gasteiger partial charge on any atom is 0.119 e. The van der Waals surface area contributed by atoms with Crippen LogP contribution in [0.15, 0.2) is 0 Å². The third-order valence-electron chi connectivity index (χ3n) is 1.92. The molecule has 7 heteroatoms. The zero-order valence-electron chi connectivity index (χ0n) is 9.81. The monoisotopic (exact) mass is 254 g/mol. The van der Waals surface area contributed by atoms with Gasteiger partial charge in [-0.3, -0.25) is 0 Å². The van der Waals surface area contributed by atoms with Gasteiger partial charge >= 0.3 is 0 Å². The fourth-order valence-electron chi connectivity index (χ4n) is 0.789. The standard InChI is InChI=1S/C6H14O6.C4H8O/c7-1-3(9)5(11)6(12)4(10)2-8;1-2-3-4-5/h3-12H,1-2H2;4H,2-3H2,1H3/t3-,4+,5-,6-;/m1./s1. The van der Waals surface area contributed by atoms with Crippen LogP contribution in [0.1, 0.15) is 19.8 Å². The Bertz CT molecular complexity index is 162. The molecule has 17 heavy (non-hydrogen) atoms. The molecule has 104 valence electrons. The Morgan fingerprint density at radius 3 is 1.41 bits per heavy atom. The second kappa shape index (κ2) is 11.9. The first kappa shape index (κ1) is 18.8. The van der Waals surface area contributed by atoms with Crippen molar-refractivity contribution in [3.05, 3.63) is 0 Å². The summed E-state index contributed by atoms with van der Waals surface area (Å²) in [6.07, 6.45) is -3.78. The Balaban J connectivity index is 0. The van der Waals surface area contributed by atoms with Crippen LogP contribution in [0.25, 0.3) is 0 Å². The van der Waals surface area contributed by atoms with Gasteiger partial charge in [0, 0.05) is 6.42 Å². The topological polar surface area (TPSA) is 138 Å². The van der Waals surface area contributed by atoms with Crippen molar-refractivity contribution >= 4 is 6.29 Å². The van der Waals surface area contributed by atoms with Crippen LogP contribution in [0, 0.1) is 0 Å². The molecule has 0 bridgehead atoms. The first-order valence-corrected chi connectivity index (χ1v) is 5.33. The minimum atomic E-state index is -1.67. The van der Waals surface area contributed by atoms with Gasteiger partial charge in [-0.2, -0.15) is 0 Å². The molecule has 0 radical (unpaired) electrons. The van der Waals surface area contributed by atoms with Gasteiger partial charge < -0.3 is 35.4 Å². The van der Waals surface area contributed by atoms with Crippen molar-refractivity contribution in [3.63, 3.8) is 0 Å². The van der Waals surface area contributed by atoms with E-state index in [2.05, 4.69) is 0 Å². The van der Waals surface area contributed by atoms with E-state index in [0.29, 0.717) is 6.42 Å². The summed E-state index contributed by atoms with van der Waals surface area (Å²) in [5, 5.41) is 52.2. The molecule has 0 aromatic rings. The summed E-state index contributed by atoms with van der Waals surface area (Å²) in [6, 6.07) is 0. The lowest BCUT2D eigenvalue weighted by Crippen LogP contribution is -2.46. The summed E-state index contributed by atoms with van der Waals surface area (Å²) < 4.78 is 0. The molecule has 0 saturated carbocycles. The molecule has 0 aliphatic heterocycles. The molecule has 0 spiro atoms. The molecule has 0 aromatic carbocycles. The van der Waals surface area contributed by atoms with Gasteiger partial charge in [0.15, 0.2) is 0 Å². The number of hydrogen-bond donors (Lipinski definition) is 6. The van der Waals surface area contributed by atoms with E-state index in [1.807, 2.05) is 6.92 Å². The van der Waals surface area contributed by atoms with E-state index in [4.69, 9.17) is 30.6 Å². The van der Waals surface area contributed by atoms with Crippen molar-refractivity contribution in [2.75, 3.05) is 13.2 Å². The third kappa shape index (κ3) is 9.16. The molecule has 0 rings (SSSR count). The van der Waals surface area contributed by atoms with E-state index in [1.165, 1.54) is 0 Å². The van der Waals surface area contributed by atoms with Gasteiger partial charge in [0.05, 0.1) is 13.2 Å². The van der Waals surface area contributed by atoms with Crippen molar-refractivity contribution in [1.29, 1.82) is 0 Å². The second-order valence-corrected chi connectivity index (χ2v) is 3.44. The van der Waals surface area contributed by atoms with E-state index in [-0.39, 0.29) is 0 Å². The van der Waals surface area contributed by atoms with Crippen molar-refractivity contribution < 1.29 is 35.4 Å². The van der Waals surface area contributed by atoms with Crippen molar-refractivity contribution in [1.82, 2.24) is 0 Å². The van der Waals surface area contributed by atoms with E-state index in [0.717, 1.165) is 12.7 Å². The van der Waals surface area contributed by atoms with Crippen molar-refractivity contribution in [2.45, 2.75) is 44.2 Å². The van der Waals surface area contributed by atoms with Crippen LogP contribution >= 0.6 is 0 Å². The predicted octanol–water partition coefficient (Wildman–Crippen LogP) is -2.60. The van der Waals surface area contributed by atoms with Crippen LogP contribution in [-0.4, -0.2) is 74.6 Å². The van der Waals surface area contributed by atoms with Crippen LogP contribution in [0.2, 0.25) is 0 Å². The normalized spacial score (nSPS) is 17.4. The molecule has 0 aliphatic rings. The molecule has 0 unspecified atom stereocenters. The fourth-order valence-corrected chi connectivity index (χ4v) is 0.789. The number of rotatable bonds is 7. The Morgan fingerprint density at radius 1 is 0.941 bits per heavy atom. The molecule has 0 aliphatic carbocycles. The predicted molar refractivity (Wildman–Crippen MR) is 59.2 cm³/mol. The summed E-state index contributed by atoms with van der Waals surface area (Å²) in [5.41, 5.74) is 0. The van der Waals surface area contributed by atoms with Gasteiger partial charge in [-0.1, -0.05) is 6.92 Å². The average molecular weight is 254 g/mol. The number of unbranched alkanes of at least 4 members (excludes halogenated alkanes) is 1. The van der Waals surface area contributed by atoms with E-state index >= 15 is 0 Å². The Kier molecular flexibility index (Phi) is 13.2. The van der Waals surface area contributed by atoms with Crippen LogP contribution in [0.3, 0.4) is 0 Å². The van der Waals surface area contributed by atoms with Gasteiger partial charge in [-0.25, -0.2) is 0 Å². The smallest absolute Gasteiger partial charge is 0.119 e. The number of aliphatic hydroxyl groups is 6. The first-order chi connectivity index (χ1) is 7.95. The van der Waals surface area contributed by atoms with E-state index in [1.54, 1.807) is 0 Å². The lowest BCUT2D eigenvalue weighted by molar-refractivity contribution is -0.123. The average Bonchev–Trinajstić information content (AvgIpc) is 2.36. The highest BCUT2D eigenvalue weighted by atomic mass is 16.4. The third-order valence-corrected chi connectivity index (χ3v) is 1.92. The zero-order chi connectivity index (χ0) is 13.8. The Labute approximate surface area is 100.0 Å². The summed E-state index contributed by atoms with van der Waals surface area (Å²) in [6.45, 7) is 0.529. The lowest BCUT2D eigenvalue weighted by atomic mass is 10.0. The van der Waals surface area contributed by atoms with Gasteiger partial charge in [-0.05, 0) is 6.42 Å². The highest BCUT2D eigenvalue weighted by Crippen LogP contribution is 2.03. The summed E-state index contributed by atoms with van der Waals surface area (Å²) >= 11 is 0. The van der Waals surface area contributed by atoms with Crippen LogP contribution in [0.5, 0.6) is 0 Å². The highest BCUT2D eigenvalue weighted by Gasteiger charge is 2.29. The second-order valence-electron chi connectivity index (χ2n) is 3.44. The minimum absolute atomic E-state index is 0.708. The SMILES string of the molecule is CCCC=O.OC[C@@H](O)[C@@H](O)[C@H](O)[C@@H](O)CO. The molecule has 0 heterocycles. The maximum atomic E-state index is 9.40. The molecule has 0 amide bonds. The van der Waals surface area contributed by atoms with Crippen LogP contribution in [-0.2, 0) is 4.79 Å². The highest BCUT2D eigenvalue weighted by molar-refractivity contribution is 5.48. The quantitative estimate of drug-likeness (QED) is 0.274. The van der Waals surface area contributed by atoms with Gasteiger partial charge in [0.25, 0.3) is 0 Å². The summed E-state index contributed by atoms with van der Waals surface area (Å²) in [5.74, 6) is 0. The molecule has 0 saturated heterocycles. The molecule has 0 fully saturated rings. The molecule has 6 N–H and O–H groups in total. The molecule has 4 atom stereocenters. The number of aliphatic hydroxyl groups excluding tert-OH is 6. The maximum absolute atomic E-state index is 9.40. The van der Waals surface area contributed by atoms with Crippen molar-refractivity contribution in [3.8, 4) is 0 Å². The van der Waals surface area contributed by atoms with Gasteiger partial charge in [0.1, 0.15) is 30.7 Å². The van der Waals surface area contributed by atoms with E-state index < -0.39 is 37.6 Å². The zero-order valence-corrected chi connectivity index (χ0v) is 9.81. The molecule has 7 nitrogen and oxygen atoms in total. The number of aldehydes is 1. The Hall–Kier alpha value is -0.570. The summed E-state index contributed by atoms with van der Waals surface area (Å²) in [7, 11) is 0. The summed E-state index contributed by atoms with van der Waals surface area (Å²) in [4.78, 5) is 9.40. The van der Waals surface area contributed by atoms with Gasteiger partial charge in [0.2, 0.25) is 0 Å². The van der Waals surface area contributed by atoms with E-state index in [9.17, 15) is 4.79 Å². The fraction of sp³-hybridized carbons (Fsp3) is 0.900. The largest absolute Gasteiger partial charge is 0.394 e. The van der Waals surface area contributed by atoms with Crippen LogP contribution in [0.4, 0.5) is 0 Å². The minimum Gasteiger partial charge on any atom is -0.394 e. The molecule has 0 aromatic heterocycles. The molecular formula is C10H22O7. The van der Waals surface area contributed by atoms with Gasteiger partial charge in [-0.15, -0.1) is 0 Å². The number of carbonyl (C=O) groups is 1. The van der Waals surface area contributed by atoms with Crippen LogP contribution < -0.4 is 0 Å². The van der Waals surface area contributed by atoms with Crippen molar-refractivity contribution in [2.24, 2.45) is 0 Å². The Morgan fingerprint density at radius 2 is 1.29 bits per heavy atom. The first-order valence-electron chi connectivity index (χ1n) is 5.33. The lowest BCUT2D eigenvalue weighted by Gasteiger charge is -2.24. The number of hydrogen-bond acceptors (Lipinski definition) is 7.